The smallest absolute Gasteiger partial charge is 0.335 e. The topological polar surface area (TPSA) is 255 Å². The van der Waals surface area contributed by atoms with Crippen LogP contribution < -0.4 is 4.74 Å². The molecule has 10 N–H and O–H groups in total. The maximum absolute atomic E-state index is 12.9. The molecule has 0 spiro atoms. The summed E-state index contributed by atoms with van der Waals surface area (Å²) in [5.74, 6) is -8.13. The van der Waals surface area contributed by atoms with E-state index >= 15 is 0 Å². The molecule has 1 saturated heterocycles. The Morgan fingerprint density at radius 3 is 2.08 bits per heavy atom. The Labute approximate surface area is 272 Å². The number of carboxylic acid groups (broad SMARTS) is 2. The van der Waals surface area contributed by atoms with Gasteiger partial charge in [-0.25, -0.2) is 4.79 Å². The quantitative estimate of drug-likeness (QED) is 0.123. The lowest BCUT2D eigenvalue weighted by Crippen LogP contribution is -2.61. The number of hydrogen-bond donors (Lipinski definition) is 10. The monoisotopic (exact) mass is 666 g/mol. The molecule has 0 saturated carbocycles. The molecule has 3 aromatic carbocycles. The molecule has 1 aliphatic heterocycles. The van der Waals surface area contributed by atoms with Crippen LogP contribution in [0.5, 0.6) is 34.5 Å². The minimum atomic E-state index is -2.02. The van der Waals surface area contributed by atoms with Crippen molar-refractivity contribution in [2.24, 2.45) is 5.92 Å². The van der Waals surface area contributed by atoms with Gasteiger partial charge in [0.25, 0.3) is 0 Å². The number of aliphatic carboxylic acids is 2. The van der Waals surface area contributed by atoms with Crippen LogP contribution in [0.4, 0.5) is 0 Å². The summed E-state index contributed by atoms with van der Waals surface area (Å²) in [4.78, 5) is 24.7. The third-order valence-electron chi connectivity index (χ3n) is 8.53. The SMILES string of the molecule is CC1=CC(c2c(O)cc(/C=C/c3ccc(O)cc3O)cc2OC2OC(C(=O)O)C(O)C(O)C2O)C(C(=O)O)C(c2ccc(O)cc2O)C1. The van der Waals surface area contributed by atoms with Crippen molar-refractivity contribution in [2.75, 3.05) is 0 Å². The first-order valence-corrected chi connectivity index (χ1v) is 14.7. The minimum Gasteiger partial charge on any atom is -0.508 e. The molecular weight excluding hydrogens is 632 g/mol. The number of rotatable bonds is 8. The average molecular weight is 667 g/mol. The van der Waals surface area contributed by atoms with Crippen LogP contribution >= 0.6 is 0 Å². The summed E-state index contributed by atoms with van der Waals surface area (Å²) in [7, 11) is 0. The van der Waals surface area contributed by atoms with Gasteiger partial charge in [-0.15, -0.1) is 0 Å². The largest absolute Gasteiger partial charge is 0.508 e. The summed E-state index contributed by atoms with van der Waals surface area (Å²) in [6.07, 6.45) is -5.30. The fourth-order valence-corrected chi connectivity index (χ4v) is 6.23. The van der Waals surface area contributed by atoms with Gasteiger partial charge in [0.2, 0.25) is 6.29 Å². The lowest BCUT2D eigenvalue weighted by molar-refractivity contribution is -0.271. The zero-order valence-electron chi connectivity index (χ0n) is 25.3. The molecule has 1 heterocycles. The predicted molar refractivity (Wildman–Crippen MR) is 167 cm³/mol. The van der Waals surface area contributed by atoms with Gasteiger partial charge in [0.1, 0.15) is 52.8 Å². The number of hydrogen-bond acceptors (Lipinski definition) is 12. The summed E-state index contributed by atoms with van der Waals surface area (Å²) in [6.45, 7) is 1.72. The van der Waals surface area contributed by atoms with Crippen molar-refractivity contribution >= 4 is 24.1 Å². The van der Waals surface area contributed by atoms with E-state index in [4.69, 9.17) is 9.47 Å². The fourth-order valence-electron chi connectivity index (χ4n) is 6.23. The van der Waals surface area contributed by atoms with Crippen LogP contribution in [-0.2, 0) is 14.3 Å². The molecule has 0 amide bonds. The third-order valence-corrected chi connectivity index (χ3v) is 8.53. The Hall–Kier alpha value is -5.28. The number of aliphatic hydroxyl groups is 3. The van der Waals surface area contributed by atoms with E-state index in [0.717, 1.165) is 12.1 Å². The second-order valence-corrected chi connectivity index (χ2v) is 11.8. The Balaban J connectivity index is 1.65. The first-order chi connectivity index (χ1) is 22.7. The lowest BCUT2D eigenvalue weighted by Gasteiger charge is -2.39. The highest BCUT2D eigenvalue weighted by atomic mass is 16.7. The summed E-state index contributed by atoms with van der Waals surface area (Å²) < 4.78 is 11.2. The molecule has 254 valence electrons. The summed E-state index contributed by atoms with van der Waals surface area (Å²) in [6, 6.07) is 10.3. The van der Waals surface area contributed by atoms with Gasteiger partial charge in [0.05, 0.1) is 5.92 Å². The van der Waals surface area contributed by atoms with E-state index in [2.05, 4.69) is 0 Å². The molecule has 5 rings (SSSR count). The molecular formula is C34H34O14. The maximum atomic E-state index is 12.9. The van der Waals surface area contributed by atoms with Crippen LogP contribution in [0, 0.1) is 5.92 Å². The van der Waals surface area contributed by atoms with Crippen molar-refractivity contribution in [3.05, 3.63) is 82.4 Å². The molecule has 0 aromatic heterocycles. The zero-order valence-corrected chi connectivity index (χ0v) is 25.3. The van der Waals surface area contributed by atoms with Gasteiger partial charge < -0.3 is 60.5 Å². The number of aliphatic hydroxyl groups excluding tert-OH is 3. The van der Waals surface area contributed by atoms with Gasteiger partial charge in [-0.2, -0.15) is 0 Å². The van der Waals surface area contributed by atoms with Crippen LogP contribution in [0.1, 0.15) is 47.4 Å². The van der Waals surface area contributed by atoms with Gasteiger partial charge in [-0.05, 0) is 54.8 Å². The zero-order chi connectivity index (χ0) is 35.0. The Morgan fingerprint density at radius 1 is 0.792 bits per heavy atom. The molecule has 14 nitrogen and oxygen atoms in total. The molecule has 1 fully saturated rings. The number of benzene rings is 3. The second kappa shape index (κ2) is 13.4. The van der Waals surface area contributed by atoms with Crippen molar-refractivity contribution in [1.82, 2.24) is 0 Å². The molecule has 8 atom stereocenters. The van der Waals surface area contributed by atoms with Gasteiger partial charge >= 0.3 is 11.9 Å². The molecule has 0 radical (unpaired) electrons. The van der Waals surface area contributed by atoms with E-state index in [9.17, 15) is 60.7 Å². The van der Waals surface area contributed by atoms with E-state index < -0.39 is 66.1 Å². The molecule has 48 heavy (non-hydrogen) atoms. The number of aromatic hydroxyl groups is 5. The molecule has 14 heteroatoms. The number of carbonyl (C=O) groups is 2. The first-order valence-electron chi connectivity index (χ1n) is 14.7. The Morgan fingerprint density at radius 2 is 1.46 bits per heavy atom. The van der Waals surface area contributed by atoms with Crippen molar-refractivity contribution in [3.8, 4) is 34.5 Å². The van der Waals surface area contributed by atoms with E-state index in [1.54, 1.807) is 13.0 Å². The predicted octanol–water partition coefficient (Wildman–Crippen LogP) is 2.57. The Bertz CT molecular complexity index is 1780. The third kappa shape index (κ3) is 6.73. The number of allylic oxidation sites excluding steroid dienone is 2. The minimum absolute atomic E-state index is 0.113. The van der Waals surface area contributed by atoms with Crippen molar-refractivity contribution < 1.29 is 70.1 Å². The first kappa shape index (κ1) is 34.1. The van der Waals surface area contributed by atoms with Crippen LogP contribution in [0.2, 0.25) is 0 Å². The average Bonchev–Trinajstić information content (AvgIpc) is 3.00. The van der Waals surface area contributed by atoms with Crippen LogP contribution in [-0.4, -0.2) is 93.7 Å². The number of carboxylic acids is 2. The van der Waals surface area contributed by atoms with Crippen LogP contribution in [0.15, 0.2) is 60.2 Å². The molecule has 8 unspecified atom stereocenters. The summed E-state index contributed by atoms with van der Waals surface area (Å²) in [5, 5.41) is 103. The highest BCUT2D eigenvalue weighted by Crippen LogP contribution is 2.52. The Kier molecular flexibility index (Phi) is 9.54. The summed E-state index contributed by atoms with van der Waals surface area (Å²) in [5.41, 5.74) is 1.28. The fraction of sp³-hybridized carbons (Fsp3) is 0.294. The van der Waals surface area contributed by atoms with Crippen LogP contribution in [0.3, 0.4) is 0 Å². The van der Waals surface area contributed by atoms with E-state index in [1.165, 1.54) is 48.6 Å². The van der Waals surface area contributed by atoms with Crippen molar-refractivity contribution in [1.29, 1.82) is 0 Å². The van der Waals surface area contributed by atoms with E-state index in [1.807, 2.05) is 0 Å². The highest BCUT2D eigenvalue weighted by molar-refractivity contribution is 5.78. The lowest BCUT2D eigenvalue weighted by atomic mass is 9.67. The van der Waals surface area contributed by atoms with E-state index in [0.29, 0.717) is 5.57 Å². The highest BCUT2D eigenvalue weighted by Gasteiger charge is 2.49. The van der Waals surface area contributed by atoms with Crippen molar-refractivity contribution in [3.63, 3.8) is 0 Å². The van der Waals surface area contributed by atoms with Gasteiger partial charge in [0.15, 0.2) is 6.10 Å². The standard InChI is InChI=1S/C34H34O14/c1-14-8-20(19-7-6-18(36)13-23(19)38)26(32(43)44)21(9-14)27-24(39)10-15(2-3-16-4-5-17(35)12-22(16)37)11-25(27)47-34-30(42)28(40)29(41)31(48-34)33(45)46/h2-7,9-13,20-21,26,28-31,34-42H,8H2,1H3,(H,43,44)(H,45,46)/b3-2+. The van der Waals surface area contributed by atoms with E-state index in [-0.39, 0.29) is 57.4 Å². The van der Waals surface area contributed by atoms with Gasteiger partial charge in [0, 0.05) is 35.1 Å². The molecule has 3 aromatic rings. The van der Waals surface area contributed by atoms with Gasteiger partial charge in [-0.3, -0.25) is 4.79 Å². The molecule has 0 bridgehead atoms. The number of ether oxygens (including phenoxy) is 2. The second-order valence-electron chi connectivity index (χ2n) is 11.8. The normalized spacial score (nSPS) is 27.4. The molecule has 1 aliphatic carbocycles. The molecule has 2 aliphatic rings. The maximum Gasteiger partial charge on any atom is 0.335 e. The van der Waals surface area contributed by atoms with Gasteiger partial charge in [-0.1, -0.05) is 29.9 Å². The number of phenolic OH excluding ortho intramolecular Hbond substituents is 5. The summed E-state index contributed by atoms with van der Waals surface area (Å²) >= 11 is 0. The van der Waals surface area contributed by atoms with Crippen molar-refractivity contribution in [2.45, 2.75) is 55.9 Å². The number of phenols is 5. The van der Waals surface area contributed by atoms with Crippen LogP contribution in [0.25, 0.3) is 12.2 Å².